The maximum Gasteiger partial charge on any atom is 0.138 e. The van der Waals surface area contributed by atoms with Gasteiger partial charge in [0, 0.05) is 30.5 Å². The summed E-state index contributed by atoms with van der Waals surface area (Å²) in [6, 6.07) is 12.9. The number of pyridine rings is 1. The topological polar surface area (TPSA) is 51.0 Å². The zero-order valence-corrected chi connectivity index (χ0v) is 13.7. The summed E-state index contributed by atoms with van der Waals surface area (Å²) in [7, 11) is 0. The summed E-state index contributed by atoms with van der Waals surface area (Å²) in [5.74, 6) is 0.883. The SMILES string of the molecule is Cc1noc(C)c1CN[C@H](C)c1ccc(-c2cccnc2)cc1. The molecule has 0 spiro atoms. The first-order valence-electron chi connectivity index (χ1n) is 7.80. The lowest BCUT2D eigenvalue weighted by Crippen LogP contribution is -2.18. The molecule has 1 N–H and O–H groups in total. The first-order chi connectivity index (χ1) is 11.1. The Balaban J connectivity index is 1.67. The van der Waals surface area contributed by atoms with Crippen LogP contribution in [0.25, 0.3) is 11.1 Å². The molecule has 1 atom stereocenters. The lowest BCUT2D eigenvalue weighted by atomic mass is 10.0. The van der Waals surface area contributed by atoms with Gasteiger partial charge in [-0.1, -0.05) is 35.5 Å². The normalized spacial score (nSPS) is 12.3. The van der Waals surface area contributed by atoms with E-state index in [1.165, 1.54) is 11.1 Å². The van der Waals surface area contributed by atoms with Crippen molar-refractivity contribution in [2.24, 2.45) is 0 Å². The Morgan fingerprint density at radius 2 is 1.87 bits per heavy atom. The fourth-order valence-electron chi connectivity index (χ4n) is 2.63. The standard InChI is InChI=1S/C19H21N3O/c1-13(21-12-19-14(2)22-23-15(19)3)16-6-8-17(9-7-16)18-5-4-10-20-11-18/h4-11,13,21H,12H2,1-3H3/t13-/m1/s1. The molecule has 0 saturated carbocycles. The van der Waals surface area contributed by atoms with Gasteiger partial charge < -0.3 is 9.84 Å². The van der Waals surface area contributed by atoms with E-state index in [9.17, 15) is 0 Å². The molecule has 1 aromatic carbocycles. The first-order valence-corrected chi connectivity index (χ1v) is 7.80. The monoisotopic (exact) mass is 307 g/mol. The van der Waals surface area contributed by atoms with Crippen molar-refractivity contribution in [3.05, 3.63) is 71.4 Å². The average molecular weight is 307 g/mol. The van der Waals surface area contributed by atoms with Gasteiger partial charge in [0.2, 0.25) is 0 Å². The van der Waals surface area contributed by atoms with Crippen LogP contribution in [0.4, 0.5) is 0 Å². The van der Waals surface area contributed by atoms with Gasteiger partial charge in [-0.3, -0.25) is 4.98 Å². The molecule has 4 heteroatoms. The molecule has 0 aliphatic rings. The van der Waals surface area contributed by atoms with Gasteiger partial charge in [0.25, 0.3) is 0 Å². The Bertz CT molecular complexity index is 744. The third kappa shape index (κ3) is 3.48. The van der Waals surface area contributed by atoms with Crippen LogP contribution in [-0.4, -0.2) is 10.1 Å². The summed E-state index contributed by atoms with van der Waals surface area (Å²) < 4.78 is 5.20. The van der Waals surface area contributed by atoms with E-state index in [2.05, 4.69) is 52.7 Å². The van der Waals surface area contributed by atoms with Crippen molar-refractivity contribution in [2.75, 3.05) is 0 Å². The summed E-state index contributed by atoms with van der Waals surface area (Å²) in [5, 5.41) is 7.52. The Labute approximate surface area is 136 Å². The van der Waals surface area contributed by atoms with Crippen molar-refractivity contribution in [2.45, 2.75) is 33.4 Å². The van der Waals surface area contributed by atoms with Crippen LogP contribution < -0.4 is 5.32 Å². The highest BCUT2D eigenvalue weighted by molar-refractivity contribution is 5.62. The molecule has 3 aromatic rings. The molecule has 0 fully saturated rings. The number of nitrogens with one attached hydrogen (secondary N) is 1. The molecule has 0 bridgehead atoms. The van der Waals surface area contributed by atoms with Crippen LogP contribution in [0.15, 0.2) is 53.3 Å². The quantitative estimate of drug-likeness (QED) is 0.767. The second-order valence-corrected chi connectivity index (χ2v) is 5.77. The summed E-state index contributed by atoms with van der Waals surface area (Å²) in [5.41, 5.74) is 5.66. The molecule has 0 aliphatic heterocycles. The Kier molecular flexibility index (Phi) is 4.53. The van der Waals surface area contributed by atoms with Crippen molar-refractivity contribution < 1.29 is 4.52 Å². The minimum absolute atomic E-state index is 0.256. The molecule has 23 heavy (non-hydrogen) atoms. The molecule has 2 heterocycles. The minimum atomic E-state index is 0.256. The summed E-state index contributed by atoms with van der Waals surface area (Å²) in [4.78, 5) is 4.17. The van der Waals surface area contributed by atoms with Crippen LogP contribution in [0.3, 0.4) is 0 Å². The van der Waals surface area contributed by atoms with E-state index in [4.69, 9.17) is 4.52 Å². The van der Waals surface area contributed by atoms with Gasteiger partial charge in [-0.15, -0.1) is 0 Å². The maximum atomic E-state index is 5.20. The average Bonchev–Trinajstić information content (AvgIpc) is 2.92. The summed E-state index contributed by atoms with van der Waals surface area (Å²) in [6.07, 6.45) is 3.67. The van der Waals surface area contributed by atoms with Gasteiger partial charge in [-0.05, 0) is 43.5 Å². The molecule has 0 amide bonds. The zero-order chi connectivity index (χ0) is 16.2. The van der Waals surface area contributed by atoms with Crippen LogP contribution in [0.1, 0.15) is 35.5 Å². The predicted octanol–water partition coefficient (Wildman–Crippen LogP) is 4.20. The van der Waals surface area contributed by atoms with Crippen LogP contribution in [0.5, 0.6) is 0 Å². The third-order valence-electron chi connectivity index (χ3n) is 4.17. The van der Waals surface area contributed by atoms with Gasteiger partial charge >= 0.3 is 0 Å². The number of rotatable bonds is 5. The Morgan fingerprint density at radius 3 is 2.48 bits per heavy atom. The fourth-order valence-corrected chi connectivity index (χ4v) is 2.63. The smallest absolute Gasteiger partial charge is 0.138 e. The van der Waals surface area contributed by atoms with Gasteiger partial charge in [-0.2, -0.15) is 0 Å². The van der Waals surface area contributed by atoms with Crippen LogP contribution >= 0.6 is 0 Å². The lowest BCUT2D eigenvalue weighted by molar-refractivity contribution is 0.391. The molecule has 0 unspecified atom stereocenters. The van der Waals surface area contributed by atoms with E-state index in [0.29, 0.717) is 0 Å². The lowest BCUT2D eigenvalue weighted by Gasteiger charge is -2.14. The molecule has 4 nitrogen and oxygen atoms in total. The van der Waals surface area contributed by atoms with Crippen molar-refractivity contribution in [3.63, 3.8) is 0 Å². The number of benzene rings is 1. The van der Waals surface area contributed by atoms with E-state index >= 15 is 0 Å². The predicted molar refractivity (Wildman–Crippen MR) is 90.9 cm³/mol. The number of nitrogens with zero attached hydrogens (tertiary/aromatic N) is 2. The molecular formula is C19H21N3O. The van der Waals surface area contributed by atoms with E-state index in [1.807, 2.05) is 26.1 Å². The molecule has 118 valence electrons. The first kappa shape index (κ1) is 15.4. The minimum Gasteiger partial charge on any atom is -0.361 e. The summed E-state index contributed by atoms with van der Waals surface area (Å²) in [6.45, 7) is 6.84. The van der Waals surface area contributed by atoms with Crippen LogP contribution in [-0.2, 0) is 6.54 Å². The Hall–Kier alpha value is -2.46. The fraction of sp³-hybridized carbons (Fsp3) is 0.263. The van der Waals surface area contributed by atoms with Crippen LogP contribution in [0, 0.1) is 13.8 Å². The van der Waals surface area contributed by atoms with E-state index in [0.717, 1.165) is 29.1 Å². The van der Waals surface area contributed by atoms with E-state index < -0.39 is 0 Å². The maximum absolute atomic E-state index is 5.20. The summed E-state index contributed by atoms with van der Waals surface area (Å²) >= 11 is 0. The van der Waals surface area contributed by atoms with E-state index in [-0.39, 0.29) is 6.04 Å². The molecule has 2 aromatic heterocycles. The van der Waals surface area contributed by atoms with Crippen LogP contribution in [0.2, 0.25) is 0 Å². The highest BCUT2D eigenvalue weighted by atomic mass is 16.5. The molecule has 0 saturated heterocycles. The van der Waals surface area contributed by atoms with Crippen molar-refractivity contribution >= 4 is 0 Å². The molecule has 0 radical (unpaired) electrons. The van der Waals surface area contributed by atoms with Gasteiger partial charge in [0.15, 0.2) is 0 Å². The second kappa shape index (κ2) is 6.75. The van der Waals surface area contributed by atoms with Gasteiger partial charge in [-0.25, -0.2) is 0 Å². The van der Waals surface area contributed by atoms with Crippen molar-refractivity contribution in [3.8, 4) is 11.1 Å². The van der Waals surface area contributed by atoms with Gasteiger partial charge in [0.05, 0.1) is 5.69 Å². The second-order valence-electron chi connectivity index (χ2n) is 5.77. The highest BCUT2D eigenvalue weighted by Crippen LogP contribution is 2.22. The number of hydrogen-bond donors (Lipinski definition) is 1. The number of hydrogen-bond acceptors (Lipinski definition) is 4. The van der Waals surface area contributed by atoms with Crippen molar-refractivity contribution in [1.29, 1.82) is 0 Å². The van der Waals surface area contributed by atoms with Gasteiger partial charge in [0.1, 0.15) is 5.76 Å². The van der Waals surface area contributed by atoms with Crippen molar-refractivity contribution in [1.82, 2.24) is 15.5 Å². The number of aromatic nitrogens is 2. The Morgan fingerprint density at radius 1 is 1.09 bits per heavy atom. The largest absolute Gasteiger partial charge is 0.361 e. The highest BCUT2D eigenvalue weighted by Gasteiger charge is 2.11. The molecule has 3 rings (SSSR count). The zero-order valence-electron chi connectivity index (χ0n) is 13.7. The number of aryl methyl sites for hydroxylation is 2. The molecule has 0 aliphatic carbocycles. The molecular weight excluding hydrogens is 286 g/mol. The third-order valence-corrected chi connectivity index (χ3v) is 4.17. The van der Waals surface area contributed by atoms with E-state index in [1.54, 1.807) is 6.20 Å².